The number of aryl methyl sites for hydroxylation is 3. The van der Waals surface area contributed by atoms with Crippen molar-refractivity contribution < 1.29 is 18.3 Å². The van der Waals surface area contributed by atoms with Crippen molar-refractivity contribution in [2.45, 2.75) is 27.4 Å². The number of carbonyl (C=O) groups excluding carboxylic acids is 1. The lowest BCUT2D eigenvalue weighted by Gasteiger charge is -2.10. The lowest BCUT2D eigenvalue weighted by Crippen LogP contribution is -2.06. The Labute approximate surface area is 122 Å². The molecule has 2 nitrogen and oxygen atoms in total. The van der Waals surface area contributed by atoms with Gasteiger partial charge in [0.25, 0.3) is 0 Å². The van der Waals surface area contributed by atoms with E-state index in [0.29, 0.717) is 11.1 Å². The van der Waals surface area contributed by atoms with Gasteiger partial charge in [0.05, 0.1) is 0 Å². The molecule has 0 aliphatic rings. The summed E-state index contributed by atoms with van der Waals surface area (Å²) < 4.78 is 28.4. The maximum absolute atomic E-state index is 12.5. The fourth-order valence-electron chi connectivity index (χ4n) is 2.15. The van der Waals surface area contributed by atoms with Crippen LogP contribution in [0.2, 0.25) is 0 Å². The van der Waals surface area contributed by atoms with E-state index in [1.54, 1.807) is 0 Å². The van der Waals surface area contributed by atoms with Gasteiger partial charge in [0, 0.05) is 11.1 Å². The summed E-state index contributed by atoms with van der Waals surface area (Å²) in [5, 5.41) is 0. The number of benzene rings is 2. The summed E-state index contributed by atoms with van der Waals surface area (Å²) >= 11 is 0. The van der Waals surface area contributed by atoms with E-state index in [9.17, 15) is 13.6 Å². The average Bonchev–Trinajstić information content (AvgIpc) is 2.42. The topological polar surface area (TPSA) is 26.3 Å². The summed E-state index contributed by atoms with van der Waals surface area (Å²) in [6, 6.07) is 9.56. The van der Waals surface area contributed by atoms with E-state index >= 15 is 0 Å². The predicted octanol–water partition coefficient (Wildman–Crippen LogP) is 4.44. The zero-order chi connectivity index (χ0) is 15.6. The van der Waals surface area contributed by atoms with Crippen LogP contribution in [0.15, 0.2) is 36.4 Å². The highest BCUT2D eigenvalue weighted by Crippen LogP contribution is 2.21. The summed E-state index contributed by atoms with van der Waals surface area (Å²) in [5.41, 5.74) is 4.14. The van der Waals surface area contributed by atoms with E-state index in [1.807, 2.05) is 32.9 Å². The highest BCUT2D eigenvalue weighted by atomic mass is 19.3. The number of carbonyl (C=O) groups is 1. The smallest absolute Gasteiger partial charge is 0.387 e. The van der Waals surface area contributed by atoms with Gasteiger partial charge >= 0.3 is 6.61 Å². The van der Waals surface area contributed by atoms with Gasteiger partial charge in [0.2, 0.25) is 0 Å². The van der Waals surface area contributed by atoms with Crippen LogP contribution in [0, 0.1) is 20.8 Å². The van der Waals surface area contributed by atoms with E-state index < -0.39 is 6.61 Å². The minimum absolute atomic E-state index is 0.0401. The minimum atomic E-state index is -2.87. The molecule has 0 unspecified atom stereocenters. The van der Waals surface area contributed by atoms with Gasteiger partial charge in [0.15, 0.2) is 5.78 Å². The molecule has 21 heavy (non-hydrogen) atoms. The number of halogens is 2. The molecule has 0 fully saturated rings. The summed E-state index contributed by atoms with van der Waals surface area (Å²) in [7, 11) is 0. The van der Waals surface area contributed by atoms with Crippen molar-refractivity contribution in [2.75, 3.05) is 0 Å². The van der Waals surface area contributed by atoms with Gasteiger partial charge in [-0.25, -0.2) is 0 Å². The van der Waals surface area contributed by atoms with Crippen molar-refractivity contribution in [1.82, 2.24) is 0 Å². The van der Waals surface area contributed by atoms with E-state index in [4.69, 9.17) is 0 Å². The van der Waals surface area contributed by atoms with Gasteiger partial charge in [0.1, 0.15) is 5.75 Å². The van der Waals surface area contributed by atoms with Crippen molar-refractivity contribution in [1.29, 1.82) is 0 Å². The van der Waals surface area contributed by atoms with Gasteiger partial charge in [-0.2, -0.15) is 8.78 Å². The van der Waals surface area contributed by atoms with Crippen LogP contribution < -0.4 is 4.74 Å². The normalized spacial score (nSPS) is 10.8. The van der Waals surface area contributed by atoms with Crippen molar-refractivity contribution >= 4 is 5.78 Å². The van der Waals surface area contributed by atoms with E-state index in [-0.39, 0.29) is 11.5 Å². The Balaban J connectivity index is 2.30. The monoisotopic (exact) mass is 290 g/mol. The molecule has 0 saturated carbocycles. The molecule has 0 N–H and O–H groups in total. The van der Waals surface area contributed by atoms with Crippen LogP contribution in [0.3, 0.4) is 0 Å². The maximum atomic E-state index is 12.5. The molecular formula is C17H16F2O2. The molecule has 4 heteroatoms. The quantitative estimate of drug-likeness (QED) is 0.778. The van der Waals surface area contributed by atoms with E-state index in [1.165, 1.54) is 24.3 Å². The number of alkyl halides is 2. The van der Waals surface area contributed by atoms with Crippen LogP contribution in [-0.4, -0.2) is 12.4 Å². The maximum Gasteiger partial charge on any atom is 0.387 e. The summed E-state index contributed by atoms with van der Waals surface area (Å²) in [6.45, 7) is 2.96. The molecule has 0 atom stereocenters. The van der Waals surface area contributed by atoms with Crippen LogP contribution in [-0.2, 0) is 0 Å². The molecule has 0 spiro atoms. The van der Waals surface area contributed by atoms with Crippen LogP contribution in [0.25, 0.3) is 0 Å². The fourth-order valence-corrected chi connectivity index (χ4v) is 2.15. The molecule has 0 aliphatic heterocycles. The zero-order valence-electron chi connectivity index (χ0n) is 12.1. The Kier molecular flexibility index (Phi) is 4.36. The Bertz CT molecular complexity index is 661. The first kappa shape index (κ1) is 15.2. The number of ketones is 1. The Morgan fingerprint density at radius 2 is 1.52 bits per heavy atom. The third kappa shape index (κ3) is 3.45. The van der Waals surface area contributed by atoms with Crippen LogP contribution in [0.4, 0.5) is 8.78 Å². The molecule has 0 heterocycles. The number of hydrogen-bond donors (Lipinski definition) is 0. The molecule has 2 rings (SSSR count). The van der Waals surface area contributed by atoms with Gasteiger partial charge < -0.3 is 4.74 Å². The molecule has 110 valence electrons. The lowest BCUT2D eigenvalue weighted by atomic mass is 9.95. The Morgan fingerprint density at radius 1 is 0.952 bits per heavy atom. The summed E-state index contributed by atoms with van der Waals surface area (Å²) in [6.07, 6.45) is 0. The molecule has 0 aliphatic carbocycles. The molecule has 0 saturated heterocycles. The molecule has 0 amide bonds. The zero-order valence-corrected chi connectivity index (χ0v) is 12.1. The first-order valence-electron chi connectivity index (χ1n) is 6.56. The summed E-state index contributed by atoms with van der Waals surface area (Å²) in [5.74, 6) is -0.0856. The van der Waals surface area contributed by atoms with Gasteiger partial charge in [-0.3, -0.25) is 4.79 Å². The molecular weight excluding hydrogens is 274 g/mol. The number of rotatable bonds is 4. The molecule has 2 aromatic carbocycles. The second kappa shape index (κ2) is 6.04. The van der Waals surface area contributed by atoms with Gasteiger partial charge in [-0.1, -0.05) is 6.07 Å². The van der Waals surface area contributed by atoms with Crippen molar-refractivity contribution in [2.24, 2.45) is 0 Å². The SMILES string of the molecule is Cc1cc(C)c(C(=O)c2ccc(OC(F)F)cc2)cc1C. The first-order valence-corrected chi connectivity index (χ1v) is 6.56. The van der Waals surface area contributed by atoms with Crippen LogP contribution in [0.5, 0.6) is 5.75 Å². The molecule has 2 aromatic rings. The van der Waals surface area contributed by atoms with Crippen LogP contribution in [0.1, 0.15) is 32.6 Å². The summed E-state index contributed by atoms with van der Waals surface area (Å²) in [4.78, 5) is 12.5. The van der Waals surface area contributed by atoms with Crippen molar-refractivity contribution in [3.63, 3.8) is 0 Å². The van der Waals surface area contributed by atoms with Crippen LogP contribution >= 0.6 is 0 Å². The van der Waals surface area contributed by atoms with Crippen molar-refractivity contribution in [3.8, 4) is 5.75 Å². The van der Waals surface area contributed by atoms with Gasteiger partial charge in [-0.05, 0) is 67.8 Å². The minimum Gasteiger partial charge on any atom is -0.435 e. The Hall–Kier alpha value is -2.23. The number of hydrogen-bond acceptors (Lipinski definition) is 2. The lowest BCUT2D eigenvalue weighted by molar-refractivity contribution is -0.0498. The third-order valence-electron chi connectivity index (χ3n) is 3.43. The standard InChI is InChI=1S/C17H16F2O2/c1-10-8-12(3)15(9-11(10)2)16(20)13-4-6-14(7-5-13)21-17(18)19/h4-9,17H,1-3H3. The Morgan fingerprint density at radius 3 is 2.10 bits per heavy atom. The predicted molar refractivity (Wildman–Crippen MR) is 77.2 cm³/mol. The largest absolute Gasteiger partial charge is 0.435 e. The highest BCUT2D eigenvalue weighted by Gasteiger charge is 2.13. The second-order valence-corrected chi connectivity index (χ2v) is 4.98. The molecule has 0 bridgehead atoms. The van der Waals surface area contributed by atoms with Gasteiger partial charge in [-0.15, -0.1) is 0 Å². The fraction of sp³-hybridized carbons (Fsp3) is 0.235. The van der Waals surface area contributed by atoms with Crippen molar-refractivity contribution in [3.05, 3.63) is 64.2 Å². The van der Waals surface area contributed by atoms with E-state index in [2.05, 4.69) is 4.74 Å². The first-order chi connectivity index (χ1) is 9.88. The number of ether oxygens (including phenoxy) is 1. The molecule has 0 radical (unpaired) electrons. The van der Waals surface area contributed by atoms with E-state index in [0.717, 1.165) is 16.7 Å². The average molecular weight is 290 g/mol. The molecule has 0 aromatic heterocycles. The second-order valence-electron chi connectivity index (χ2n) is 4.98. The highest BCUT2D eigenvalue weighted by molar-refractivity contribution is 6.10. The third-order valence-corrected chi connectivity index (χ3v) is 3.43.